The zero-order valence-electron chi connectivity index (χ0n) is 10.2. The first kappa shape index (κ1) is 14.1. The lowest BCUT2D eigenvalue weighted by atomic mass is 10.2. The zero-order chi connectivity index (χ0) is 13.7. The summed E-state index contributed by atoms with van der Waals surface area (Å²) in [5, 5.41) is 2.67. The highest BCUT2D eigenvalue weighted by atomic mass is 127. The van der Waals surface area contributed by atoms with Crippen LogP contribution in [0.5, 0.6) is 0 Å². The Kier molecular flexibility index (Phi) is 5.00. The normalized spacial score (nSPS) is 21.8. The van der Waals surface area contributed by atoms with Crippen molar-refractivity contribution in [3.05, 3.63) is 35.9 Å². The number of alkyl carbamates (subject to hydrolysis) is 1. The Morgan fingerprint density at radius 1 is 1.42 bits per heavy atom. The molecule has 2 atom stereocenters. The summed E-state index contributed by atoms with van der Waals surface area (Å²) in [5.41, 5.74) is 0.918. The summed E-state index contributed by atoms with van der Waals surface area (Å²) in [4.78, 5) is 22.8. The molecule has 1 saturated heterocycles. The maximum absolute atomic E-state index is 11.6. The number of hydrogen-bond donors (Lipinski definition) is 1. The van der Waals surface area contributed by atoms with E-state index in [1.807, 2.05) is 30.3 Å². The van der Waals surface area contributed by atoms with Crippen molar-refractivity contribution in [1.29, 1.82) is 0 Å². The first-order valence-corrected chi connectivity index (χ1v) is 7.44. The molecule has 0 unspecified atom stereocenters. The molecular weight excluding hydrogens is 361 g/mol. The molecule has 1 fully saturated rings. The van der Waals surface area contributed by atoms with Crippen LogP contribution >= 0.6 is 22.6 Å². The van der Waals surface area contributed by atoms with Gasteiger partial charge >= 0.3 is 12.1 Å². The van der Waals surface area contributed by atoms with E-state index in [2.05, 4.69) is 27.9 Å². The minimum absolute atomic E-state index is 0.202. The van der Waals surface area contributed by atoms with Crippen molar-refractivity contribution in [1.82, 2.24) is 5.32 Å². The molecule has 0 aliphatic carbocycles. The fraction of sp³-hybridized carbons (Fsp3) is 0.385. The van der Waals surface area contributed by atoms with Crippen molar-refractivity contribution < 1.29 is 19.1 Å². The number of ether oxygens (including phenoxy) is 2. The molecule has 0 aromatic heterocycles. The number of amides is 1. The lowest BCUT2D eigenvalue weighted by molar-refractivity contribution is -0.140. The molecule has 1 aliphatic rings. The highest BCUT2D eigenvalue weighted by molar-refractivity contribution is 14.1. The number of rotatable bonds is 4. The number of alkyl halides is 1. The van der Waals surface area contributed by atoms with E-state index in [1.54, 1.807) is 0 Å². The van der Waals surface area contributed by atoms with Gasteiger partial charge in [-0.25, -0.2) is 4.79 Å². The van der Waals surface area contributed by atoms with Gasteiger partial charge in [-0.05, 0) is 5.56 Å². The molecule has 1 aliphatic heterocycles. The van der Waals surface area contributed by atoms with Crippen LogP contribution in [0.25, 0.3) is 0 Å². The summed E-state index contributed by atoms with van der Waals surface area (Å²) in [6, 6.07) is 9.12. The van der Waals surface area contributed by atoms with E-state index >= 15 is 0 Å². The van der Waals surface area contributed by atoms with Gasteiger partial charge in [0.15, 0.2) is 0 Å². The molecule has 1 N–H and O–H groups in total. The number of benzene rings is 1. The number of carbonyl (C=O) groups is 2. The van der Waals surface area contributed by atoms with Gasteiger partial charge in [0.2, 0.25) is 0 Å². The molecule has 1 aromatic carbocycles. The molecule has 1 heterocycles. The van der Waals surface area contributed by atoms with E-state index in [-0.39, 0.29) is 31.1 Å². The van der Waals surface area contributed by atoms with Gasteiger partial charge in [0, 0.05) is 4.43 Å². The Hall–Kier alpha value is -1.31. The van der Waals surface area contributed by atoms with Gasteiger partial charge in [0.1, 0.15) is 12.7 Å². The van der Waals surface area contributed by atoms with Crippen LogP contribution in [0.1, 0.15) is 12.0 Å². The summed E-state index contributed by atoms with van der Waals surface area (Å²) >= 11 is 2.12. The van der Waals surface area contributed by atoms with Crippen molar-refractivity contribution in [3.8, 4) is 0 Å². The van der Waals surface area contributed by atoms with E-state index in [9.17, 15) is 9.59 Å². The fourth-order valence-corrected chi connectivity index (χ4v) is 2.60. The number of esters is 1. The standard InChI is InChI=1S/C13H14INO4/c14-7-11-10(6-12(16)19-11)15-13(17)18-8-9-4-2-1-3-5-9/h1-5,10-11H,6-8H2,(H,15,17)/t10-,11+/m0/s1. The third-order valence-electron chi connectivity index (χ3n) is 2.79. The summed E-state index contributed by atoms with van der Waals surface area (Å²) in [6.07, 6.45) is -0.590. The van der Waals surface area contributed by atoms with Crippen molar-refractivity contribution in [2.75, 3.05) is 4.43 Å². The molecule has 0 bridgehead atoms. The number of nitrogens with one attached hydrogen (secondary N) is 1. The first-order chi connectivity index (χ1) is 9.19. The smallest absolute Gasteiger partial charge is 0.407 e. The van der Waals surface area contributed by atoms with Gasteiger partial charge in [-0.15, -0.1) is 0 Å². The van der Waals surface area contributed by atoms with Gasteiger partial charge in [-0.2, -0.15) is 0 Å². The van der Waals surface area contributed by atoms with E-state index < -0.39 is 6.09 Å². The van der Waals surface area contributed by atoms with Gasteiger partial charge in [-0.1, -0.05) is 52.9 Å². The van der Waals surface area contributed by atoms with Crippen LogP contribution in [-0.4, -0.2) is 28.6 Å². The molecule has 0 radical (unpaired) electrons. The Labute approximate surface area is 124 Å². The average Bonchev–Trinajstić information content (AvgIpc) is 2.77. The maximum atomic E-state index is 11.6. The van der Waals surface area contributed by atoms with Gasteiger partial charge in [-0.3, -0.25) is 4.79 Å². The first-order valence-electron chi connectivity index (χ1n) is 5.91. The summed E-state index contributed by atoms with van der Waals surface area (Å²) in [5.74, 6) is -0.282. The number of cyclic esters (lactones) is 1. The van der Waals surface area contributed by atoms with E-state index in [4.69, 9.17) is 9.47 Å². The second-order valence-corrected chi connectivity index (χ2v) is 5.08. The van der Waals surface area contributed by atoms with Crippen molar-refractivity contribution >= 4 is 34.7 Å². The number of hydrogen-bond acceptors (Lipinski definition) is 4. The van der Waals surface area contributed by atoms with Crippen LogP contribution in [-0.2, 0) is 20.9 Å². The second-order valence-electron chi connectivity index (χ2n) is 4.20. The van der Waals surface area contributed by atoms with Gasteiger partial charge in [0.25, 0.3) is 0 Å². The van der Waals surface area contributed by atoms with Crippen LogP contribution in [0.2, 0.25) is 0 Å². The zero-order valence-corrected chi connectivity index (χ0v) is 12.3. The van der Waals surface area contributed by atoms with E-state index in [0.717, 1.165) is 5.56 Å². The molecule has 0 spiro atoms. The number of halogens is 1. The predicted molar refractivity (Wildman–Crippen MR) is 76.9 cm³/mol. The van der Waals surface area contributed by atoms with Gasteiger partial charge < -0.3 is 14.8 Å². The molecule has 0 saturated carbocycles. The highest BCUT2D eigenvalue weighted by Gasteiger charge is 2.35. The molecule has 19 heavy (non-hydrogen) atoms. The fourth-order valence-electron chi connectivity index (χ4n) is 1.81. The lowest BCUT2D eigenvalue weighted by Crippen LogP contribution is -2.41. The highest BCUT2D eigenvalue weighted by Crippen LogP contribution is 2.17. The summed E-state index contributed by atoms with van der Waals surface area (Å²) < 4.78 is 10.8. The maximum Gasteiger partial charge on any atom is 0.407 e. The minimum Gasteiger partial charge on any atom is -0.459 e. The lowest BCUT2D eigenvalue weighted by Gasteiger charge is -2.16. The van der Waals surface area contributed by atoms with E-state index in [0.29, 0.717) is 4.43 Å². The summed E-state index contributed by atoms with van der Waals surface area (Å²) in [6.45, 7) is 0.211. The van der Waals surface area contributed by atoms with Crippen LogP contribution in [0.15, 0.2) is 30.3 Å². The topological polar surface area (TPSA) is 64.6 Å². The molecule has 5 nitrogen and oxygen atoms in total. The molecule has 2 rings (SSSR count). The quantitative estimate of drug-likeness (QED) is 0.497. The number of carbonyl (C=O) groups excluding carboxylic acids is 2. The second kappa shape index (κ2) is 6.74. The van der Waals surface area contributed by atoms with Crippen LogP contribution in [0.3, 0.4) is 0 Å². The SMILES string of the molecule is O=C1C[C@H](NC(=O)OCc2ccccc2)[C@@H](CI)O1. The third kappa shape index (κ3) is 4.09. The predicted octanol–water partition coefficient (Wildman–Crippen LogP) is 2.03. The van der Waals surface area contributed by atoms with Gasteiger partial charge in [0.05, 0.1) is 12.5 Å². The van der Waals surface area contributed by atoms with E-state index in [1.165, 1.54) is 0 Å². The summed E-state index contributed by atoms with van der Waals surface area (Å²) in [7, 11) is 0. The third-order valence-corrected chi connectivity index (χ3v) is 3.65. The molecular formula is C13H14INO4. The average molecular weight is 375 g/mol. The van der Waals surface area contributed by atoms with Crippen LogP contribution in [0.4, 0.5) is 4.79 Å². The van der Waals surface area contributed by atoms with Crippen molar-refractivity contribution in [3.63, 3.8) is 0 Å². The molecule has 102 valence electrons. The van der Waals surface area contributed by atoms with Crippen LogP contribution in [0, 0.1) is 0 Å². The Bertz CT molecular complexity index is 451. The van der Waals surface area contributed by atoms with Crippen LogP contribution < -0.4 is 5.32 Å². The molecule has 1 aromatic rings. The van der Waals surface area contributed by atoms with Crippen molar-refractivity contribution in [2.45, 2.75) is 25.2 Å². The van der Waals surface area contributed by atoms with Crippen molar-refractivity contribution in [2.24, 2.45) is 0 Å². The Morgan fingerprint density at radius 2 is 2.16 bits per heavy atom. The largest absolute Gasteiger partial charge is 0.459 e. The minimum atomic E-state index is -0.526. The Morgan fingerprint density at radius 3 is 2.84 bits per heavy atom. The Balaban J connectivity index is 1.80. The monoisotopic (exact) mass is 375 g/mol. The molecule has 1 amide bonds. The molecule has 6 heteroatoms.